The van der Waals surface area contributed by atoms with Gasteiger partial charge in [-0.3, -0.25) is 4.79 Å². The lowest BCUT2D eigenvalue weighted by Crippen LogP contribution is -2.37. The summed E-state index contributed by atoms with van der Waals surface area (Å²) < 4.78 is 34.3. The fourth-order valence-corrected chi connectivity index (χ4v) is 5.38. The third-order valence-electron chi connectivity index (χ3n) is 6.52. The Bertz CT molecular complexity index is 1590. The molecule has 0 aliphatic heterocycles. The van der Waals surface area contributed by atoms with Crippen molar-refractivity contribution in [2.75, 3.05) is 13.1 Å². The number of nitriles is 1. The summed E-state index contributed by atoms with van der Waals surface area (Å²) in [5.41, 5.74) is 2.06. The molecule has 0 aliphatic carbocycles. The highest BCUT2D eigenvalue weighted by molar-refractivity contribution is 7.89. The van der Waals surface area contributed by atoms with Crippen LogP contribution in [0.3, 0.4) is 0 Å². The van der Waals surface area contributed by atoms with Crippen LogP contribution in [0.15, 0.2) is 75.8 Å². The van der Waals surface area contributed by atoms with Crippen molar-refractivity contribution in [3.8, 4) is 11.8 Å². The molecular weight excluding hydrogens is 586 g/mol. The van der Waals surface area contributed by atoms with Gasteiger partial charge in [0.1, 0.15) is 5.75 Å². The first-order chi connectivity index (χ1) is 21.4. The van der Waals surface area contributed by atoms with Crippen molar-refractivity contribution in [3.63, 3.8) is 0 Å². The summed E-state index contributed by atoms with van der Waals surface area (Å²) in [6.45, 7) is 18.9. The van der Waals surface area contributed by atoms with Gasteiger partial charge in [-0.1, -0.05) is 65.0 Å². The number of ether oxygens (including phenoxy) is 1. The monoisotopic (exact) mass is 635 g/mol. The highest BCUT2D eigenvalue weighted by atomic mass is 32.2. The second-order valence-corrected chi connectivity index (χ2v) is 11.9. The number of sulfonamides is 1. The van der Waals surface area contributed by atoms with Gasteiger partial charge in [-0.25, -0.2) is 13.1 Å². The first-order valence-electron chi connectivity index (χ1n) is 15.5. The van der Waals surface area contributed by atoms with Gasteiger partial charge in [0.05, 0.1) is 28.3 Å². The molecule has 3 aromatic carbocycles. The van der Waals surface area contributed by atoms with Crippen LogP contribution in [0.5, 0.6) is 5.75 Å². The molecule has 0 spiro atoms. The maximum atomic E-state index is 12.9. The predicted octanol–water partition coefficient (Wildman–Crippen LogP) is 7.63. The Morgan fingerprint density at radius 2 is 1.62 bits per heavy atom. The van der Waals surface area contributed by atoms with E-state index in [1.165, 1.54) is 6.07 Å². The molecule has 0 heterocycles. The number of rotatable bonds is 11. The molecule has 0 saturated heterocycles. The quantitative estimate of drug-likeness (QED) is 0.132. The van der Waals surface area contributed by atoms with Gasteiger partial charge in [0.2, 0.25) is 21.8 Å². The number of fused-ring (bicyclic) bond motifs is 1. The van der Waals surface area contributed by atoms with E-state index in [2.05, 4.69) is 34.8 Å². The molecule has 244 valence electrons. The molecule has 0 fully saturated rings. The van der Waals surface area contributed by atoms with Crippen molar-refractivity contribution in [1.29, 1.82) is 5.26 Å². The molecule has 3 rings (SSSR count). The van der Waals surface area contributed by atoms with Crippen molar-refractivity contribution in [1.82, 2.24) is 9.62 Å². The Morgan fingerprint density at radius 3 is 2.18 bits per heavy atom. The van der Waals surface area contributed by atoms with E-state index in [9.17, 15) is 18.5 Å². The second-order valence-electron chi connectivity index (χ2n) is 10.2. The Labute approximate surface area is 270 Å². The second kappa shape index (κ2) is 20.1. The van der Waals surface area contributed by atoms with Crippen molar-refractivity contribution >= 4 is 38.3 Å². The van der Waals surface area contributed by atoms with E-state index in [0.29, 0.717) is 40.1 Å². The van der Waals surface area contributed by atoms with E-state index in [0.717, 1.165) is 31.5 Å². The standard InChI is InChI=1S/C25H26N4O3S.C8H17NO.C2H6/c1-5-25(32-22-11-6-8-17(2)14-22)28-27-18(3)19(4)29-33(30,31)23-12-13-24-20(15-23)9-7-10-21(24)16-26;1-4-6-9(7-5-2)8(3)10;1-2/h6-15,19,29H,5H2,1-4H3;4-7H2,1-3H3;1-2H3/b27-18+,28-25+;;/t19-;;/m1../s1. The molecule has 1 atom stereocenters. The lowest BCUT2D eigenvalue weighted by atomic mass is 10.1. The summed E-state index contributed by atoms with van der Waals surface area (Å²) in [5, 5.41) is 19.0. The van der Waals surface area contributed by atoms with Crippen molar-refractivity contribution < 1.29 is 17.9 Å². The first-order valence-corrected chi connectivity index (χ1v) is 17.0. The van der Waals surface area contributed by atoms with Gasteiger partial charge >= 0.3 is 0 Å². The Balaban J connectivity index is 0.000000719. The maximum absolute atomic E-state index is 12.9. The number of hydrogen-bond acceptors (Lipinski definition) is 7. The number of nitrogens with zero attached hydrogens (tertiary/aromatic N) is 4. The third-order valence-corrected chi connectivity index (χ3v) is 8.06. The molecule has 10 heteroatoms. The van der Waals surface area contributed by atoms with Gasteiger partial charge in [-0.05, 0) is 80.3 Å². The van der Waals surface area contributed by atoms with Crippen LogP contribution >= 0.6 is 0 Å². The van der Waals surface area contributed by atoms with Gasteiger partial charge in [0.25, 0.3) is 0 Å². The molecule has 45 heavy (non-hydrogen) atoms. The van der Waals surface area contributed by atoms with Gasteiger partial charge in [0.15, 0.2) is 0 Å². The molecule has 0 saturated carbocycles. The number of carbonyl (C=O) groups excluding carboxylic acids is 1. The fraction of sp³-hybridized carbons (Fsp3) is 0.429. The molecule has 0 unspecified atom stereocenters. The largest absolute Gasteiger partial charge is 0.441 e. The van der Waals surface area contributed by atoms with E-state index in [-0.39, 0.29) is 10.8 Å². The number of amides is 1. The van der Waals surface area contributed by atoms with Crippen molar-refractivity contribution in [3.05, 3.63) is 71.8 Å². The zero-order valence-electron chi connectivity index (χ0n) is 28.2. The summed E-state index contributed by atoms with van der Waals surface area (Å²) in [5.74, 6) is 1.30. The minimum absolute atomic E-state index is 0.116. The van der Waals surface area contributed by atoms with Gasteiger partial charge < -0.3 is 9.64 Å². The van der Waals surface area contributed by atoms with E-state index in [1.807, 2.05) is 56.9 Å². The Hall–Kier alpha value is -4.07. The van der Waals surface area contributed by atoms with Crippen molar-refractivity contribution in [2.45, 2.75) is 92.5 Å². The third kappa shape index (κ3) is 12.8. The van der Waals surface area contributed by atoms with Crippen LogP contribution < -0.4 is 9.46 Å². The topological polar surface area (TPSA) is 124 Å². The molecule has 0 bridgehead atoms. The minimum Gasteiger partial charge on any atom is -0.441 e. The number of aryl methyl sites for hydroxylation is 1. The first kappa shape index (κ1) is 39.0. The lowest BCUT2D eigenvalue weighted by molar-refractivity contribution is -0.128. The minimum atomic E-state index is -3.81. The zero-order chi connectivity index (χ0) is 34.0. The van der Waals surface area contributed by atoms with Crippen LogP contribution in [0.4, 0.5) is 0 Å². The number of hydrogen-bond donors (Lipinski definition) is 1. The summed E-state index contributed by atoms with van der Waals surface area (Å²) in [7, 11) is -3.81. The summed E-state index contributed by atoms with van der Waals surface area (Å²) >= 11 is 0. The van der Waals surface area contributed by atoms with Gasteiger partial charge in [-0.2, -0.15) is 10.4 Å². The average molecular weight is 636 g/mol. The van der Waals surface area contributed by atoms with Crippen LogP contribution in [-0.4, -0.2) is 50.0 Å². The number of benzene rings is 3. The number of nitrogens with one attached hydrogen (secondary N) is 1. The highest BCUT2D eigenvalue weighted by Gasteiger charge is 2.20. The van der Waals surface area contributed by atoms with Crippen LogP contribution in [0, 0.1) is 18.3 Å². The molecule has 0 aromatic heterocycles. The summed E-state index contributed by atoms with van der Waals surface area (Å²) in [6.07, 6.45) is 2.64. The molecule has 1 amide bonds. The SMILES string of the molecule is CC.CC/C(=N\N=C(/C)[C@@H](C)NS(=O)(=O)c1ccc2c(C#N)cccc2c1)Oc1cccc(C)c1.CCCN(CCC)C(C)=O. The van der Waals surface area contributed by atoms with E-state index < -0.39 is 16.1 Å². The molecule has 3 aromatic rings. The molecule has 9 nitrogen and oxygen atoms in total. The van der Waals surface area contributed by atoms with Crippen molar-refractivity contribution in [2.24, 2.45) is 10.2 Å². The molecule has 0 radical (unpaired) electrons. The highest BCUT2D eigenvalue weighted by Crippen LogP contribution is 2.22. The van der Waals surface area contributed by atoms with E-state index in [1.54, 1.807) is 51.1 Å². The van der Waals surface area contributed by atoms with Gasteiger partial charge in [-0.15, -0.1) is 5.10 Å². The summed E-state index contributed by atoms with van der Waals surface area (Å²) in [4.78, 5) is 12.9. The zero-order valence-corrected chi connectivity index (χ0v) is 29.0. The lowest BCUT2D eigenvalue weighted by Gasteiger charge is -2.18. The Morgan fingerprint density at radius 1 is 0.978 bits per heavy atom. The van der Waals surface area contributed by atoms with Crippen LogP contribution in [-0.2, 0) is 14.8 Å². The average Bonchev–Trinajstić information content (AvgIpc) is 3.03. The fourth-order valence-electron chi connectivity index (χ4n) is 4.08. The van der Waals surface area contributed by atoms with Gasteiger partial charge in [0, 0.05) is 26.4 Å². The van der Waals surface area contributed by atoms with E-state index in [4.69, 9.17) is 4.74 Å². The maximum Gasteiger partial charge on any atom is 0.241 e. The molecule has 1 N–H and O–H groups in total. The Kier molecular flexibility index (Phi) is 17.4. The van der Waals surface area contributed by atoms with E-state index >= 15 is 0 Å². The smallest absolute Gasteiger partial charge is 0.241 e. The molecular formula is C35H49N5O4S. The normalized spacial score (nSPS) is 12.2. The van der Waals surface area contributed by atoms with Crippen LogP contribution in [0.2, 0.25) is 0 Å². The van der Waals surface area contributed by atoms with Crippen LogP contribution in [0.1, 0.15) is 85.8 Å². The van der Waals surface area contributed by atoms with Crippen LogP contribution in [0.25, 0.3) is 10.8 Å². The summed E-state index contributed by atoms with van der Waals surface area (Å²) in [6, 6.07) is 19.1. The number of carbonyl (C=O) groups is 1. The molecule has 0 aliphatic rings. The predicted molar refractivity (Wildman–Crippen MR) is 185 cm³/mol.